The summed E-state index contributed by atoms with van der Waals surface area (Å²) in [4.78, 5) is 6.78. The quantitative estimate of drug-likeness (QED) is 0.893. The lowest BCUT2D eigenvalue weighted by atomic mass is 10.1. The standard InChI is InChI=1S/C16H21N3/c1-19-10-3-5-14(8-11-19)18-15-6-7-16-13(12-15)4-2-9-17-16/h2,4,6-7,9,12,14,18H,3,5,8,10-11H2,1H3. The van der Waals surface area contributed by atoms with Crippen molar-refractivity contribution in [2.24, 2.45) is 0 Å². The number of fused-ring (bicyclic) bond motifs is 1. The maximum atomic E-state index is 4.36. The Bertz CT molecular complexity index is 552. The molecule has 0 amide bonds. The van der Waals surface area contributed by atoms with Crippen LogP contribution in [0.3, 0.4) is 0 Å². The van der Waals surface area contributed by atoms with Crippen LogP contribution in [0, 0.1) is 0 Å². The van der Waals surface area contributed by atoms with Crippen LogP contribution in [0.2, 0.25) is 0 Å². The van der Waals surface area contributed by atoms with Crippen LogP contribution in [0.15, 0.2) is 36.5 Å². The number of nitrogens with one attached hydrogen (secondary N) is 1. The summed E-state index contributed by atoms with van der Waals surface area (Å²) in [6.45, 7) is 2.41. The maximum absolute atomic E-state index is 4.36. The summed E-state index contributed by atoms with van der Waals surface area (Å²) in [5.74, 6) is 0. The molecule has 1 aliphatic rings. The average molecular weight is 255 g/mol. The molecule has 100 valence electrons. The van der Waals surface area contributed by atoms with Gasteiger partial charge in [0.2, 0.25) is 0 Å². The second-order valence-corrected chi connectivity index (χ2v) is 5.49. The average Bonchev–Trinajstić information content (AvgIpc) is 2.64. The zero-order chi connectivity index (χ0) is 13.1. The Labute approximate surface area is 114 Å². The molecule has 3 nitrogen and oxygen atoms in total. The van der Waals surface area contributed by atoms with E-state index in [1.54, 1.807) is 0 Å². The van der Waals surface area contributed by atoms with Crippen molar-refractivity contribution < 1.29 is 0 Å². The minimum atomic E-state index is 0.596. The van der Waals surface area contributed by atoms with Crippen molar-refractivity contribution >= 4 is 16.6 Å². The van der Waals surface area contributed by atoms with Crippen molar-refractivity contribution in [3.8, 4) is 0 Å². The molecule has 0 radical (unpaired) electrons. The van der Waals surface area contributed by atoms with E-state index in [1.165, 1.54) is 43.4 Å². The van der Waals surface area contributed by atoms with Gasteiger partial charge in [-0.05, 0) is 63.7 Å². The Morgan fingerprint density at radius 2 is 2.16 bits per heavy atom. The largest absolute Gasteiger partial charge is 0.382 e. The molecule has 2 aromatic rings. The fraction of sp³-hybridized carbons (Fsp3) is 0.438. The van der Waals surface area contributed by atoms with Crippen LogP contribution >= 0.6 is 0 Å². The van der Waals surface area contributed by atoms with Crippen molar-refractivity contribution in [2.45, 2.75) is 25.3 Å². The van der Waals surface area contributed by atoms with Gasteiger partial charge in [-0.25, -0.2) is 0 Å². The Morgan fingerprint density at radius 3 is 3.11 bits per heavy atom. The highest BCUT2D eigenvalue weighted by atomic mass is 15.1. The monoisotopic (exact) mass is 255 g/mol. The SMILES string of the molecule is CN1CCCC(Nc2ccc3ncccc3c2)CC1. The van der Waals surface area contributed by atoms with Gasteiger partial charge in [0.1, 0.15) is 0 Å². The van der Waals surface area contributed by atoms with Crippen LogP contribution in [0.1, 0.15) is 19.3 Å². The summed E-state index contributed by atoms with van der Waals surface area (Å²) in [6.07, 6.45) is 5.61. The lowest BCUT2D eigenvalue weighted by Gasteiger charge is -2.18. The van der Waals surface area contributed by atoms with Crippen LogP contribution in [0.5, 0.6) is 0 Å². The Morgan fingerprint density at radius 1 is 1.21 bits per heavy atom. The van der Waals surface area contributed by atoms with Crippen LogP contribution in [-0.4, -0.2) is 36.1 Å². The molecule has 2 heterocycles. The fourth-order valence-electron chi connectivity index (χ4n) is 2.79. The first-order valence-corrected chi connectivity index (χ1v) is 7.11. The predicted molar refractivity (Wildman–Crippen MR) is 80.5 cm³/mol. The molecule has 1 saturated heterocycles. The Balaban J connectivity index is 1.73. The second-order valence-electron chi connectivity index (χ2n) is 5.49. The number of nitrogens with zero attached hydrogens (tertiary/aromatic N) is 2. The lowest BCUT2D eigenvalue weighted by Crippen LogP contribution is -2.22. The lowest BCUT2D eigenvalue weighted by molar-refractivity contribution is 0.348. The van der Waals surface area contributed by atoms with E-state index in [4.69, 9.17) is 0 Å². The molecule has 0 saturated carbocycles. The van der Waals surface area contributed by atoms with Crippen molar-refractivity contribution in [2.75, 3.05) is 25.5 Å². The number of pyridine rings is 1. The summed E-state index contributed by atoms with van der Waals surface area (Å²) in [6, 6.07) is 11.2. The van der Waals surface area contributed by atoms with Crippen LogP contribution in [0.4, 0.5) is 5.69 Å². The maximum Gasteiger partial charge on any atom is 0.0703 e. The number of likely N-dealkylation sites (tertiary alicyclic amines) is 1. The molecule has 0 spiro atoms. The first kappa shape index (κ1) is 12.4. The first-order chi connectivity index (χ1) is 9.31. The van der Waals surface area contributed by atoms with E-state index in [-0.39, 0.29) is 0 Å². The molecular formula is C16H21N3. The summed E-state index contributed by atoms with van der Waals surface area (Å²) in [5, 5.41) is 4.89. The van der Waals surface area contributed by atoms with Gasteiger partial charge in [-0.15, -0.1) is 0 Å². The molecule has 1 atom stereocenters. The molecule has 1 fully saturated rings. The predicted octanol–water partition coefficient (Wildman–Crippen LogP) is 3.13. The number of aromatic nitrogens is 1. The van der Waals surface area contributed by atoms with Crippen molar-refractivity contribution in [3.63, 3.8) is 0 Å². The smallest absolute Gasteiger partial charge is 0.0703 e. The summed E-state index contributed by atoms with van der Waals surface area (Å²) in [5.41, 5.74) is 2.28. The van der Waals surface area contributed by atoms with Crippen molar-refractivity contribution in [1.82, 2.24) is 9.88 Å². The topological polar surface area (TPSA) is 28.2 Å². The molecule has 0 aliphatic carbocycles. The second kappa shape index (κ2) is 5.57. The molecule has 19 heavy (non-hydrogen) atoms. The molecule has 1 aromatic carbocycles. The highest BCUT2D eigenvalue weighted by Gasteiger charge is 2.14. The number of rotatable bonds is 2. The first-order valence-electron chi connectivity index (χ1n) is 7.11. The van der Waals surface area contributed by atoms with Crippen LogP contribution < -0.4 is 5.32 Å². The van der Waals surface area contributed by atoms with E-state index in [0.717, 1.165) is 5.52 Å². The molecule has 3 heteroatoms. The Hall–Kier alpha value is -1.61. The van der Waals surface area contributed by atoms with Gasteiger partial charge in [0, 0.05) is 23.3 Å². The molecule has 0 bridgehead atoms. The fourth-order valence-corrected chi connectivity index (χ4v) is 2.79. The molecule has 1 aromatic heterocycles. The summed E-state index contributed by atoms with van der Waals surface area (Å²) < 4.78 is 0. The highest BCUT2D eigenvalue weighted by molar-refractivity contribution is 5.82. The zero-order valence-corrected chi connectivity index (χ0v) is 11.5. The van der Waals surface area contributed by atoms with E-state index in [0.29, 0.717) is 6.04 Å². The Kier molecular flexibility index (Phi) is 3.65. The highest BCUT2D eigenvalue weighted by Crippen LogP contribution is 2.20. The van der Waals surface area contributed by atoms with Crippen LogP contribution in [0.25, 0.3) is 10.9 Å². The molecule has 1 aliphatic heterocycles. The minimum Gasteiger partial charge on any atom is -0.382 e. The number of anilines is 1. The van der Waals surface area contributed by atoms with Crippen molar-refractivity contribution in [1.29, 1.82) is 0 Å². The third kappa shape index (κ3) is 3.04. The number of benzene rings is 1. The number of hydrogen-bond donors (Lipinski definition) is 1. The molecular weight excluding hydrogens is 234 g/mol. The van der Waals surface area contributed by atoms with Gasteiger partial charge in [-0.3, -0.25) is 4.98 Å². The van der Waals surface area contributed by atoms with Gasteiger partial charge in [-0.1, -0.05) is 6.07 Å². The van der Waals surface area contributed by atoms with Crippen molar-refractivity contribution in [3.05, 3.63) is 36.5 Å². The molecule has 3 rings (SSSR count). The number of hydrogen-bond acceptors (Lipinski definition) is 3. The van der Waals surface area contributed by atoms with E-state index < -0.39 is 0 Å². The van der Waals surface area contributed by atoms with Crippen LogP contribution in [-0.2, 0) is 0 Å². The van der Waals surface area contributed by atoms with E-state index in [1.807, 2.05) is 12.3 Å². The zero-order valence-electron chi connectivity index (χ0n) is 11.5. The van der Waals surface area contributed by atoms with Gasteiger partial charge in [0.25, 0.3) is 0 Å². The summed E-state index contributed by atoms with van der Waals surface area (Å²) >= 11 is 0. The summed E-state index contributed by atoms with van der Waals surface area (Å²) in [7, 11) is 2.21. The minimum absolute atomic E-state index is 0.596. The van der Waals surface area contributed by atoms with Gasteiger partial charge in [-0.2, -0.15) is 0 Å². The van der Waals surface area contributed by atoms with Gasteiger partial charge >= 0.3 is 0 Å². The molecule has 1 unspecified atom stereocenters. The van der Waals surface area contributed by atoms with Gasteiger partial charge < -0.3 is 10.2 Å². The third-order valence-electron chi connectivity index (χ3n) is 3.93. The normalized spacial score (nSPS) is 21.2. The van der Waals surface area contributed by atoms with Gasteiger partial charge in [0.15, 0.2) is 0 Å². The van der Waals surface area contributed by atoms with E-state index >= 15 is 0 Å². The van der Waals surface area contributed by atoms with E-state index in [9.17, 15) is 0 Å². The third-order valence-corrected chi connectivity index (χ3v) is 3.93. The van der Waals surface area contributed by atoms with Gasteiger partial charge in [0.05, 0.1) is 5.52 Å². The van der Waals surface area contributed by atoms with E-state index in [2.05, 4.69) is 46.5 Å². The molecule has 1 N–H and O–H groups in total.